The van der Waals surface area contributed by atoms with Crippen molar-refractivity contribution >= 4 is 11.9 Å². The van der Waals surface area contributed by atoms with Crippen LogP contribution in [0.15, 0.2) is 24.3 Å². The molecule has 0 aromatic heterocycles. The van der Waals surface area contributed by atoms with E-state index in [0.29, 0.717) is 25.8 Å². The van der Waals surface area contributed by atoms with E-state index in [2.05, 4.69) is 5.32 Å². The van der Waals surface area contributed by atoms with Crippen molar-refractivity contribution in [2.24, 2.45) is 0 Å². The fourth-order valence-electron chi connectivity index (χ4n) is 1.88. The molecule has 1 aromatic carbocycles. The number of ether oxygens (including phenoxy) is 1. The van der Waals surface area contributed by atoms with Crippen LogP contribution in [0.25, 0.3) is 0 Å². The third kappa shape index (κ3) is 7.97. The maximum Gasteiger partial charge on any atom is 0.303 e. The Morgan fingerprint density at radius 1 is 1.29 bits per heavy atom. The second-order valence-electron chi connectivity index (χ2n) is 5.19. The monoisotopic (exact) mass is 293 g/mol. The van der Waals surface area contributed by atoms with E-state index < -0.39 is 5.97 Å². The number of unbranched alkanes of at least 4 members (excludes halogenated alkanes) is 1. The maximum absolute atomic E-state index is 11.8. The van der Waals surface area contributed by atoms with Crippen molar-refractivity contribution < 1.29 is 19.4 Å². The van der Waals surface area contributed by atoms with Gasteiger partial charge >= 0.3 is 5.97 Å². The summed E-state index contributed by atoms with van der Waals surface area (Å²) in [7, 11) is 0. The molecule has 0 atom stereocenters. The Hall–Kier alpha value is -2.04. The van der Waals surface area contributed by atoms with Crippen LogP contribution >= 0.6 is 0 Å². The lowest BCUT2D eigenvalue weighted by atomic mass is 10.1. The van der Waals surface area contributed by atoms with Gasteiger partial charge in [-0.15, -0.1) is 0 Å². The van der Waals surface area contributed by atoms with E-state index in [1.165, 1.54) is 0 Å². The van der Waals surface area contributed by atoms with Crippen LogP contribution < -0.4 is 10.1 Å². The Labute approximate surface area is 125 Å². The highest BCUT2D eigenvalue weighted by Gasteiger charge is 2.05. The van der Waals surface area contributed by atoms with Crippen LogP contribution in [0.3, 0.4) is 0 Å². The number of carbonyl (C=O) groups is 2. The normalized spacial score (nSPS) is 10.4. The molecule has 0 heterocycles. The molecule has 0 aliphatic heterocycles. The summed E-state index contributed by atoms with van der Waals surface area (Å²) >= 11 is 0. The average Bonchev–Trinajstić information content (AvgIpc) is 2.37. The second kappa shape index (κ2) is 9.00. The van der Waals surface area contributed by atoms with Crippen LogP contribution in [0.1, 0.15) is 38.7 Å². The summed E-state index contributed by atoms with van der Waals surface area (Å²) in [5.74, 6) is -0.105. The van der Waals surface area contributed by atoms with Crippen molar-refractivity contribution in [2.75, 3.05) is 6.54 Å². The topological polar surface area (TPSA) is 75.6 Å². The van der Waals surface area contributed by atoms with Crippen molar-refractivity contribution in [2.45, 2.75) is 45.6 Å². The van der Waals surface area contributed by atoms with Gasteiger partial charge in [0.1, 0.15) is 5.75 Å². The Morgan fingerprint density at radius 3 is 2.71 bits per heavy atom. The zero-order valence-corrected chi connectivity index (χ0v) is 12.6. The van der Waals surface area contributed by atoms with Gasteiger partial charge in [-0.2, -0.15) is 0 Å². The SMILES string of the molecule is CC(C)Oc1cccc(CC(=O)NCCCCC(=O)O)c1. The quantitative estimate of drug-likeness (QED) is 0.685. The van der Waals surface area contributed by atoms with Gasteiger partial charge in [0.25, 0.3) is 0 Å². The molecule has 0 saturated carbocycles. The van der Waals surface area contributed by atoms with Crippen molar-refractivity contribution in [3.05, 3.63) is 29.8 Å². The maximum atomic E-state index is 11.8. The lowest BCUT2D eigenvalue weighted by Gasteiger charge is -2.11. The highest BCUT2D eigenvalue weighted by molar-refractivity contribution is 5.78. The number of nitrogens with one attached hydrogen (secondary N) is 1. The molecule has 0 aliphatic rings. The fraction of sp³-hybridized carbons (Fsp3) is 0.500. The van der Waals surface area contributed by atoms with Gasteiger partial charge in [-0.1, -0.05) is 12.1 Å². The molecule has 1 rings (SSSR count). The fourth-order valence-corrected chi connectivity index (χ4v) is 1.88. The minimum Gasteiger partial charge on any atom is -0.491 e. The number of amides is 1. The van der Waals surface area contributed by atoms with Gasteiger partial charge in [0, 0.05) is 13.0 Å². The zero-order chi connectivity index (χ0) is 15.7. The van der Waals surface area contributed by atoms with Gasteiger partial charge in [-0.25, -0.2) is 0 Å². The third-order valence-corrected chi connectivity index (χ3v) is 2.77. The molecular formula is C16H23NO4. The summed E-state index contributed by atoms with van der Waals surface area (Å²) in [6, 6.07) is 7.49. The van der Waals surface area contributed by atoms with Crippen LogP contribution in [0.4, 0.5) is 0 Å². The molecule has 0 bridgehead atoms. The Bertz CT molecular complexity index is 471. The lowest BCUT2D eigenvalue weighted by molar-refractivity contribution is -0.137. The predicted molar refractivity (Wildman–Crippen MR) is 80.4 cm³/mol. The first kappa shape index (κ1) is 17.0. The Balaban J connectivity index is 2.32. The summed E-state index contributed by atoms with van der Waals surface area (Å²) in [5, 5.41) is 11.3. The number of hydrogen-bond acceptors (Lipinski definition) is 3. The number of carboxylic acid groups (broad SMARTS) is 1. The molecular weight excluding hydrogens is 270 g/mol. The van der Waals surface area contributed by atoms with E-state index in [4.69, 9.17) is 9.84 Å². The third-order valence-electron chi connectivity index (χ3n) is 2.77. The summed E-state index contributed by atoms with van der Waals surface area (Å²) in [5.41, 5.74) is 0.899. The zero-order valence-electron chi connectivity index (χ0n) is 12.6. The van der Waals surface area contributed by atoms with E-state index in [9.17, 15) is 9.59 Å². The van der Waals surface area contributed by atoms with E-state index >= 15 is 0 Å². The summed E-state index contributed by atoms with van der Waals surface area (Å²) in [6.45, 7) is 4.42. The van der Waals surface area contributed by atoms with Crippen LogP contribution in [0.5, 0.6) is 5.75 Å². The molecule has 0 fully saturated rings. The second-order valence-corrected chi connectivity index (χ2v) is 5.19. The smallest absolute Gasteiger partial charge is 0.303 e. The highest BCUT2D eigenvalue weighted by Crippen LogP contribution is 2.15. The van der Waals surface area contributed by atoms with E-state index in [1.54, 1.807) is 0 Å². The number of benzene rings is 1. The number of hydrogen-bond donors (Lipinski definition) is 2. The standard InChI is InChI=1S/C16H23NO4/c1-12(2)21-14-7-5-6-13(10-14)11-15(18)17-9-4-3-8-16(19)20/h5-7,10,12H,3-4,8-9,11H2,1-2H3,(H,17,18)(H,19,20). The van der Waals surface area contributed by atoms with E-state index in [-0.39, 0.29) is 18.4 Å². The Kier molecular flexibility index (Phi) is 7.29. The summed E-state index contributed by atoms with van der Waals surface area (Å²) in [4.78, 5) is 22.1. The molecule has 0 saturated heterocycles. The predicted octanol–water partition coefficient (Wildman–Crippen LogP) is 2.39. The first-order chi connectivity index (χ1) is 9.97. The van der Waals surface area contributed by atoms with Crippen LogP contribution in [0.2, 0.25) is 0 Å². The molecule has 0 aliphatic carbocycles. The van der Waals surface area contributed by atoms with Crippen molar-refractivity contribution in [1.82, 2.24) is 5.32 Å². The van der Waals surface area contributed by atoms with Gasteiger partial charge in [0.2, 0.25) is 5.91 Å². The number of carboxylic acids is 1. The van der Waals surface area contributed by atoms with Gasteiger partial charge in [-0.3, -0.25) is 9.59 Å². The van der Waals surface area contributed by atoms with Gasteiger partial charge in [0.15, 0.2) is 0 Å². The summed E-state index contributed by atoms with van der Waals surface area (Å²) in [6.07, 6.45) is 1.80. The molecule has 1 amide bonds. The Morgan fingerprint density at radius 2 is 2.05 bits per heavy atom. The molecule has 0 radical (unpaired) electrons. The van der Waals surface area contributed by atoms with Gasteiger partial charge in [-0.05, 0) is 44.4 Å². The van der Waals surface area contributed by atoms with Crippen molar-refractivity contribution in [1.29, 1.82) is 0 Å². The number of rotatable bonds is 9. The molecule has 5 nitrogen and oxygen atoms in total. The molecule has 0 spiro atoms. The van der Waals surface area contributed by atoms with E-state index in [0.717, 1.165) is 11.3 Å². The first-order valence-corrected chi connectivity index (χ1v) is 7.21. The van der Waals surface area contributed by atoms with Crippen LogP contribution in [0, 0.1) is 0 Å². The van der Waals surface area contributed by atoms with Gasteiger partial charge in [0.05, 0.1) is 12.5 Å². The summed E-state index contributed by atoms with van der Waals surface area (Å²) < 4.78 is 5.58. The molecule has 0 unspecified atom stereocenters. The molecule has 21 heavy (non-hydrogen) atoms. The molecule has 5 heteroatoms. The van der Waals surface area contributed by atoms with Gasteiger partial charge < -0.3 is 15.2 Å². The first-order valence-electron chi connectivity index (χ1n) is 7.21. The largest absolute Gasteiger partial charge is 0.491 e. The van der Waals surface area contributed by atoms with Crippen molar-refractivity contribution in [3.8, 4) is 5.75 Å². The number of carbonyl (C=O) groups excluding carboxylic acids is 1. The molecule has 1 aromatic rings. The minimum absolute atomic E-state index is 0.0629. The molecule has 2 N–H and O–H groups in total. The van der Waals surface area contributed by atoms with E-state index in [1.807, 2.05) is 38.1 Å². The van der Waals surface area contributed by atoms with Crippen molar-refractivity contribution in [3.63, 3.8) is 0 Å². The van der Waals surface area contributed by atoms with Crippen LogP contribution in [-0.2, 0) is 16.0 Å². The molecule has 116 valence electrons. The highest BCUT2D eigenvalue weighted by atomic mass is 16.5. The minimum atomic E-state index is -0.803. The number of aliphatic carboxylic acids is 1. The lowest BCUT2D eigenvalue weighted by Crippen LogP contribution is -2.26. The average molecular weight is 293 g/mol. The van der Waals surface area contributed by atoms with Crippen LogP contribution in [-0.4, -0.2) is 29.6 Å².